The van der Waals surface area contributed by atoms with Gasteiger partial charge in [-0.2, -0.15) is 8.78 Å². The van der Waals surface area contributed by atoms with Gasteiger partial charge in [0.2, 0.25) is 5.91 Å². The van der Waals surface area contributed by atoms with E-state index in [2.05, 4.69) is 10.9 Å². The summed E-state index contributed by atoms with van der Waals surface area (Å²) in [5.74, 6) is 0.955. The van der Waals surface area contributed by atoms with Crippen LogP contribution in [0.15, 0.2) is 12.1 Å². The van der Waals surface area contributed by atoms with Gasteiger partial charge in [-0.25, -0.2) is 4.98 Å². The van der Waals surface area contributed by atoms with Crippen molar-refractivity contribution in [2.75, 3.05) is 31.8 Å². The molecule has 0 radical (unpaired) electrons. The van der Waals surface area contributed by atoms with Crippen molar-refractivity contribution in [3.8, 4) is 17.6 Å². The molecule has 3 rings (SSSR count). The van der Waals surface area contributed by atoms with Crippen molar-refractivity contribution in [3.05, 3.63) is 17.8 Å². The van der Waals surface area contributed by atoms with Crippen LogP contribution in [0.25, 0.3) is 0 Å². The standard InChI is InChI=1S/C15H14F2N2O3/c1-19-13(20)5-7-22-12-3-2-11(18-14(12)19)4-6-15(16,17)10-8-21-9-10/h2-3,10H,5,7-9H2,1H3. The van der Waals surface area contributed by atoms with E-state index >= 15 is 0 Å². The number of halogens is 2. The zero-order valence-corrected chi connectivity index (χ0v) is 11.9. The maximum absolute atomic E-state index is 13.7. The van der Waals surface area contributed by atoms with Crippen LogP contribution in [0.4, 0.5) is 14.6 Å². The van der Waals surface area contributed by atoms with Crippen LogP contribution in [0, 0.1) is 17.8 Å². The third-order valence-electron chi connectivity index (χ3n) is 3.61. The molecule has 3 heterocycles. The minimum atomic E-state index is -3.11. The molecule has 22 heavy (non-hydrogen) atoms. The van der Waals surface area contributed by atoms with Crippen LogP contribution < -0.4 is 9.64 Å². The van der Waals surface area contributed by atoms with Gasteiger partial charge >= 0.3 is 5.92 Å². The molecule has 1 aromatic rings. The van der Waals surface area contributed by atoms with Crippen LogP contribution in [-0.2, 0) is 9.53 Å². The van der Waals surface area contributed by atoms with Crippen LogP contribution in [0.2, 0.25) is 0 Å². The molecule has 1 aromatic heterocycles. The molecular formula is C15H14F2N2O3. The van der Waals surface area contributed by atoms with Gasteiger partial charge in [0.15, 0.2) is 11.6 Å². The van der Waals surface area contributed by atoms with Crippen LogP contribution in [0.5, 0.6) is 5.75 Å². The zero-order chi connectivity index (χ0) is 15.7. The van der Waals surface area contributed by atoms with Gasteiger partial charge in [0.1, 0.15) is 5.69 Å². The van der Waals surface area contributed by atoms with Gasteiger partial charge in [0.25, 0.3) is 0 Å². The van der Waals surface area contributed by atoms with Gasteiger partial charge in [-0.05, 0) is 24.0 Å². The number of aromatic nitrogens is 1. The molecule has 1 saturated heterocycles. The molecule has 2 aliphatic rings. The quantitative estimate of drug-likeness (QED) is 0.737. The van der Waals surface area contributed by atoms with Crippen molar-refractivity contribution in [1.29, 1.82) is 0 Å². The third kappa shape index (κ3) is 2.74. The fraction of sp³-hybridized carbons (Fsp3) is 0.467. The highest BCUT2D eigenvalue weighted by Gasteiger charge is 2.42. The van der Waals surface area contributed by atoms with Gasteiger partial charge < -0.3 is 9.47 Å². The SMILES string of the molecule is CN1C(=O)CCOc2ccc(C#CC(F)(F)C3COC3)nc21. The van der Waals surface area contributed by atoms with E-state index in [1.807, 2.05) is 5.92 Å². The Morgan fingerprint density at radius 2 is 2.18 bits per heavy atom. The summed E-state index contributed by atoms with van der Waals surface area (Å²) < 4.78 is 37.6. The predicted molar refractivity (Wildman–Crippen MR) is 73.9 cm³/mol. The number of fused-ring (bicyclic) bond motifs is 1. The lowest BCUT2D eigenvalue weighted by Gasteiger charge is -2.29. The molecule has 116 valence electrons. The van der Waals surface area contributed by atoms with Crippen molar-refractivity contribution in [3.63, 3.8) is 0 Å². The number of hydrogen-bond donors (Lipinski definition) is 0. The molecule has 1 fully saturated rings. The third-order valence-corrected chi connectivity index (χ3v) is 3.61. The van der Waals surface area contributed by atoms with Crippen LogP contribution in [-0.4, -0.2) is 43.7 Å². The van der Waals surface area contributed by atoms with Crippen molar-refractivity contribution in [2.45, 2.75) is 12.3 Å². The molecule has 1 amide bonds. The van der Waals surface area contributed by atoms with Gasteiger partial charge in [-0.15, -0.1) is 0 Å². The van der Waals surface area contributed by atoms with E-state index in [0.29, 0.717) is 11.6 Å². The summed E-state index contributed by atoms with van der Waals surface area (Å²) in [6.07, 6.45) is 0.244. The second-order valence-corrected chi connectivity index (χ2v) is 5.18. The number of nitrogens with zero attached hydrogens (tertiary/aromatic N) is 2. The first kappa shape index (κ1) is 14.7. The summed E-state index contributed by atoms with van der Waals surface area (Å²) in [6.45, 7) is 0.303. The Morgan fingerprint density at radius 3 is 2.86 bits per heavy atom. The van der Waals surface area contributed by atoms with Gasteiger partial charge in [-0.1, -0.05) is 0 Å². The number of pyridine rings is 1. The summed E-state index contributed by atoms with van der Waals surface area (Å²) in [5, 5.41) is 0. The summed E-state index contributed by atoms with van der Waals surface area (Å²) in [5.41, 5.74) is 0.170. The number of carbonyl (C=O) groups excluding carboxylic acids is 1. The molecule has 5 nitrogen and oxygen atoms in total. The number of carbonyl (C=O) groups is 1. The summed E-state index contributed by atoms with van der Waals surface area (Å²) in [7, 11) is 1.57. The van der Waals surface area contributed by atoms with Gasteiger partial charge in [-0.3, -0.25) is 9.69 Å². The molecule has 0 atom stereocenters. The van der Waals surface area contributed by atoms with Gasteiger partial charge in [0.05, 0.1) is 32.2 Å². The molecule has 0 aromatic carbocycles. The van der Waals surface area contributed by atoms with E-state index in [9.17, 15) is 13.6 Å². The van der Waals surface area contributed by atoms with Crippen molar-refractivity contribution >= 4 is 11.7 Å². The summed E-state index contributed by atoms with van der Waals surface area (Å²) in [4.78, 5) is 17.3. The Labute approximate surface area is 126 Å². The molecule has 7 heteroatoms. The molecule has 0 N–H and O–H groups in total. The van der Waals surface area contributed by atoms with E-state index in [4.69, 9.17) is 9.47 Å². The average Bonchev–Trinajstić information content (AvgIpc) is 2.55. The highest BCUT2D eigenvalue weighted by molar-refractivity contribution is 5.93. The molecule has 0 aliphatic carbocycles. The number of rotatable bonds is 1. The van der Waals surface area contributed by atoms with E-state index in [1.165, 1.54) is 11.0 Å². The Bertz CT molecular complexity index is 662. The van der Waals surface area contributed by atoms with E-state index in [1.54, 1.807) is 13.1 Å². The minimum absolute atomic E-state index is 0.0182. The van der Waals surface area contributed by atoms with E-state index in [0.717, 1.165) is 0 Å². The lowest BCUT2D eigenvalue weighted by Crippen LogP contribution is -2.41. The van der Waals surface area contributed by atoms with Gasteiger partial charge in [0, 0.05) is 7.05 Å². The predicted octanol–water partition coefficient (Wildman–Crippen LogP) is 1.46. The smallest absolute Gasteiger partial charge is 0.315 e. The van der Waals surface area contributed by atoms with Crippen LogP contribution in [0.3, 0.4) is 0 Å². The first-order valence-corrected chi connectivity index (χ1v) is 6.86. The first-order chi connectivity index (χ1) is 10.5. The summed E-state index contributed by atoms with van der Waals surface area (Å²) >= 11 is 0. The zero-order valence-electron chi connectivity index (χ0n) is 11.9. The van der Waals surface area contributed by atoms with E-state index < -0.39 is 11.8 Å². The lowest BCUT2D eigenvalue weighted by atomic mass is 10.0. The Hall–Kier alpha value is -2.20. The van der Waals surface area contributed by atoms with Crippen molar-refractivity contribution in [1.82, 2.24) is 4.98 Å². The monoisotopic (exact) mass is 308 g/mol. The number of alkyl halides is 2. The first-order valence-electron chi connectivity index (χ1n) is 6.86. The molecule has 0 spiro atoms. The van der Waals surface area contributed by atoms with Crippen molar-refractivity contribution in [2.24, 2.45) is 5.92 Å². The number of ether oxygens (including phenoxy) is 2. The maximum Gasteiger partial charge on any atom is 0.315 e. The largest absolute Gasteiger partial charge is 0.489 e. The lowest BCUT2D eigenvalue weighted by molar-refractivity contribution is -0.139. The second-order valence-electron chi connectivity index (χ2n) is 5.18. The number of anilines is 1. The fourth-order valence-electron chi connectivity index (χ4n) is 2.09. The second kappa shape index (κ2) is 5.54. The minimum Gasteiger partial charge on any atom is -0.489 e. The fourth-order valence-corrected chi connectivity index (χ4v) is 2.09. The van der Waals surface area contributed by atoms with Crippen LogP contribution in [0.1, 0.15) is 12.1 Å². The Balaban J connectivity index is 1.87. The Kier molecular flexibility index (Phi) is 3.71. The number of hydrogen-bond acceptors (Lipinski definition) is 4. The maximum atomic E-state index is 13.7. The highest BCUT2D eigenvalue weighted by atomic mass is 19.3. The molecule has 2 aliphatic heterocycles. The van der Waals surface area contributed by atoms with Crippen LogP contribution >= 0.6 is 0 Å². The molecule has 0 bridgehead atoms. The summed E-state index contributed by atoms with van der Waals surface area (Å²) in [6, 6.07) is 3.09. The highest BCUT2D eigenvalue weighted by Crippen LogP contribution is 2.31. The molecule has 0 unspecified atom stereocenters. The van der Waals surface area contributed by atoms with Crippen molar-refractivity contribution < 1.29 is 23.0 Å². The van der Waals surface area contributed by atoms with E-state index in [-0.39, 0.29) is 37.8 Å². The molecule has 0 saturated carbocycles. The normalized spacial score (nSPS) is 18.5. The topological polar surface area (TPSA) is 51.7 Å². The number of amides is 1. The molecular weight excluding hydrogens is 294 g/mol. The average molecular weight is 308 g/mol. The Morgan fingerprint density at radius 1 is 1.41 bits per heavy atom.